The highest BCUT2D eigenvalue weighted by Gasteiger charge is 2.08. The van der Waals surface area contributed by atoms with Gasteiger partial charge >= 0.3 is 5.97 Å². The van der Waals surface area contributed by atoms with Gasteiger partial charge in [0.05, 0.1) is 12.4 Å². The zero-order chi connectivity index (χ0) is 15.0. The van der Waals surface area contributed by atoms with Crippen LogP contribution in [0, 0.1) is 0 Å². The van der Waals surface area contributed by atoms with Crippen LogP contribution in [-0.2, 0) is 4.79 Å². The Hall–Kier alpha value is -2.18. The van der Waals surface area contributed by atoms with E-state index in [9.17, 15) is 9.59 Å². The Balaban J connectivity index is 2.30. The predicted octanol–water partition coefficient (Wildman–Crippen LogP) is 1.24. The maximum atomic E-state index is 11.7. The molecule has 0 aliphatic rings. The third-order valence-electron chi connectivity index (χ3n) is 2.86. The summed E-state index contributed by atoms with van der Waals surface area (Å²) in [7, 11) is 0. The van der Waals surface area contributed by atoms with E-state index in [1.807, 2.05) is 13.8 Å². The van der Waals surface area contributed by atoms with Gasteiger partial charge < -0.3 is 15.3 Å². The molecule has 0 bridgehead atoms. The van der Waals surface area contributed by atoms with Crippen LogP contribution in [0.5, 0.6) is 0 Å². The number of carboxylic acids is 1. The van der Waals surface area contributed by atoms with Gasteiger partial charge in [-0.1, -0.05) is 0 Å². The summed E-state index contributed by atoms with van der Waals surface area (Å²) in [5.74, 6) is -0.455. The molecule has 1 heterocycles. The van der Waals surface area contributed by atoms with Crippen LogP contribution in [0.3, 0.4) is 0 Å². The zero-order valence-electron chi connectivity index (χ0n) is 11.8. The lowest BCUT2D eigenvalue weighted by Crippen LogP contribution is -2.30. The van der Waals surface area contributed by atoms with E-state index in [0.29, 0.717) is 25.2 Å². The van der Waals surface area contributed by atoms with E-state index < -0.39 is 5.97 Å². The molecule has 2 N–H and O–H groups in total. The first-order chi connectivity index (χ1) is 9.58. The fourth-order valence-corrected chi connectivity index (χ4v) is 1.72. The van der Waals surface area contributed by atoms with Crippen LogP contribution in [0.25, 0.3) is 0 Å². The second-order valence-electron chi connectivity index (χ2n) is 4.19. The van der Waals surface area contributed by atoms with Crippen molar-refractivity contribution in [1.82, 2.24) is 14.9 Å². The van der Waals surface area contributed by atoms with Crippen molar-refractivity contribution in [3.8, 4) is 0 Å². The Bertz CT molecular complexity index is 443. The lowest BCUT2D eigenvalue weighted by molar-refractivity contribution is -0.130. The molecule has 1 aromatic rings. The summed E-state index contributed by atoms with van der Waals surface area (Å²) in [5, 5.41) is 11.7. The molecule has 0 saturated heterocycles. The minimum atomic E-state index is -1.10. The van der Waals surface area contributed by atoms with Gasteiger partial charge in [-0.2, -0.15) is 0 Å². The number of aromatic carboxylic acids is 1. The number of hydrogen-bond acceptors (Lipinski definition) is 5. The molecule has 0 atom stereocenters. The fourth-order valence-electron chi connectivity index (χ4n) is 1.72. The van der Waals surface area contributed by atoms with Crippen LogP contribution in [-0.4, -0.2) is 51.5 Å². The van der Waals surface area contributed by atoms with E-state index in [2.05, 4.69) is 15.3 Å². The van der Waals surface area contributed by atoms with E-state index >= 15 is 0 Å². The Kier molecular flexibility index (Phi) is 6.42. The molecule has 7 nitrogen and oxygen atoms in total. The summed E-state index contributed by atoms with van der Waals surface area (Å²) in [6.07, 6.45) is 3.74. The van der Waals surface area contributed by atoms with Crippen LogP contribution < -0.4 is 5.32 Å². The molecule has 0 aromatic carbocycles. The first-order valence-electron chi connectivity index (χ1n) is 6.65. The van der Waals surface area contributed by atoms with Gasteiger partial charge in [-0.15, -0.1) is 0 Å². The maximum absolute atomic E-state index is 11.7. The molecule has 0 aliphatic carbocycles. The summed E-state index contributed by atoms with van der Waals surface area (Å²) < 4.78 is 0. The van der Waals surface area contributed by atoms with Crippen molar-refractivity contribution in [2.75, 3.05) is 25.0 Å². The molecule has 110 valence electrons. The second kappa shape index (κ2) is 8.08. The Morgan fingerprint density at radius 3 is 2.45 bits per heavy atom. The normalized spacial score (nSPS) is 10.1. The first-order valence-corrected chi connectivity index (χ1v) is 6.65. The van der Waals surface area contributed by atoms with E-state index in [4.69, 9.17) is 5.11 Å². The summed E-state index contributed by atoms with van der Waals surface area (Å²) in [6.45, 7) is 5.96. The lowest BCUT2D eigenvalue weighted by Gasteiger charge is -2.18. The standard InChI is InChI=1S/C13H20N4O3/c1-3-17(4-2)12(18)6-5-7-14-11-9-15-10(8-16-11)13(19)20/h8-9H,3-7H2,1-2H3,(H,14,16)(H,19,20). The van der Waals surface area contributed by atoms with Gasteiger partial charge in [-0.3, -0.25) is 4.79 Å². The molecule has 0 saturated carbocycles. The average molecular weight is 280 g/mol. The molecule has 20 heavy (non-hydrogen) atoms. The van der Waals surface area contributed by atoms with E-state index in [1.54, 1.807) is 4.90 Å². The van der Waals surface area contributed by atoms with Crippen LogP contribution in [0.15, 0.2) is 12.4 Å². The highest BCUT2D eigenvalue weighted by Crippen LogP contribution is 2.03. The molecule has 1 amide bonds. The Morgan fingerprint density at radius 1 is 1.25 bits per heavy atom. The van der Waals surface area contributed by atoms with Gasteiger partial charge in [0, 0.05) is 26.1 Å². The largest absolute Gasteiger partial charge is 0.476 e. The summed E-state index contributed by atoms with van der Waals surface area (Å²) in [6, 6.07) is 0. The van der Waals surface area contributed by atoms with Crippen LogP contribution >= 0.6 is 0 Å². The van der Waals surface area contributed by atoms with E-state index in [0.717, 1.165) is 13.1 Å². The third kappa shape index (κ3) is 4.83. The van der Waals surface area contributed by atoms with Crippen molar-refractivity contribution in [3.05, 3.63) is 18.1 Å². The topological polar surface area (TPSA) is 95.4 Å². The van der Waals surface area contributed by atoms with Gasteiger partial charge in [0.2, 0.25) is 5.91 Å². The van der Waals surface area contributed by atoms with E-state index in [1.165, 1.54) is 12.4 Å². The van der Waals surface area contributed by atoms with Crippen molar-refractivity contribution in [2.24, 2.45) is 0 Å². The number of carbonyl (C=O) groups excluding carboxylic acids is 1. The molecule has 0 unspecified atom stereocenters. The van der Waals surface area contributed by atoms with Crippen molar-refractivity contribution < 1.29 is 14.7 Å². The van der Waals surface area contributed by atoms with Gasteiger partial charge in [-0.05, 0) is 20.3 Å². The number of nitrogens with zero attached hydrogens (tertiary/aromatic N) is 3. The van der Waals surface area contributed by atoms with Crippen LogP contribution in [0.2, 0.25) is 0 Å². The first kappa shape index (κ1) is 15.9. The molecule has 0 aliphatic heterocycles. The molecule has 1 rings (SSSR count). The molecular formula is C13H20N4O3. The lowest BCUT2D eigenvalue weighted by atomic mass is 10.2. The quantitative estimate of drug-likeness (QED) is 0.695. The highest BCUT2D eigenvalue weighted by molar-refractivity contribution is 5.84. The van der Waals surface area contributed by atoms with Gasteiger partial charge in [0.1, 0.15) is 5.82 Å². The smallest absolute Gasteiger partial charge is 0.356 e. The van der Waals surface area contributed by atoms with Crippen molar-refractivity contribution in [2.45, 2.75) is 26.7 Å². The van der Waals surface area contributed by atoms with Gasteiger partial charge in [0.25, 0.3) is 0 Å². The summed E-state index contributed by atoms with van der Waals surface area (Å²) >= 11 is 0. The molecule has 0 radical (unpaired) electrons. The molecular weight excluding hydrogens is 260 g/mol. The monoisotopic (exact) mass is 280 g/mol. The number of carbonyl (C=O) groups is 2. The number of anilines is 1. The predicted molar refractivity (Wildman–Crippen MR) is 74.6 cm³/mol. The molecule has 0 fully saturated rings. The van der Waals surface area contributed by atoms with Gasteiger partial charge in [-0.25, -0.2) is 14.8 Å². The summed E-state index contributed by atoms with van der Waals surface area (Å²) in [5.41, 5.74) is -0.0905. The molecule has 7 heteroatoms. The highest BCUT2D eigenvalue weighted by atomic mass is 16.4. The minimum Gasteiger partial charge on any atom is -0.476 e. The van der Waals surface area contributed by atoms with Crippen molar-refractivity contribution >= 4 is 17.7 Å². The number of amides is 1. The Labute approximate surface area is 118 Å². The summed E-state index contributed by atoms with van der Waals surface area (Å²) in [4.78, 5) is 31.8. The maximum Gasteiger partial charge on any atom is 0.356 e. The number of carboxylic acid groups (broad SMARTS) is 1. The zero-order valence-corrected chi connectivity index (χ0v) is 11.8. The molecule has 1 aromatic heterocycles. The number of nitrogens with one attached hydrogen (secondary N) is 1. The number of rotatable bonds is 8. The second-order valence-corrected chi connectivity index (χ2v) is 4.19. The van der Waals surface area contributed by atoms with Crippen molar-refractivity contribution in [1.29, 1.82) is 0 Å². The third-order valence-corrected chi connectivity index (χ3v) is 2.86. The number of hydrogen-bond donors (Lipinski definition) is 2. The van der Waals surface area contributed by atoms with Gasteiger partial charge in [0.15, 0.2) is 5.69 Å². The number of aromatic nitrogens is 2. The van der Waals surface area contributed by atoms with Crippen molar-refractivity contribution in [3.63, 3.8) is 0 Å². The van der Waals surface area contributed by atoms with Crippen LogP contribution in [0.4, 0.5) is 5.82 Å². The van der Waals surface area contributed by atoms with Crippen LogP contribution in [0.1, 0.15) is 37.2 Å². The SMILES string of the molecule is CCN(CC)C(=O)CCCNc1cnc(C(=O)O)cn1. The average Bonchev–Trinajstić information content (AvgIpc) is 2.45. The minimum absolute atomic E-state index is 0.0905. The van der Waals surface area contributed by atoms with E-state index in [-0.39, 0.29) is 11.6 Å². The fraction of sp³-hybridized carbons (Fsp3) is 0.538. The molecule has 0 spiro atoms. The Morgan fingerprint density at radius 2 is 1.95 bits per heavy atom.